The van der Waals surface area contributed by atoms with E-state index in [1.165, 1.54) is 17.7 Å². The average Bonchev–Trinajstić information content (AvgIpc) is 2.73. The highest BCUT2D eigenvalue weighted by Crippen LogP contribution is 2.25. The summed E-state index contributed by atoms with van der Waals surface area (Å²) in [6.07, 6.45) is 3.28. The molecule has 19 heavy (non-hydrogen) atoms. The third kappa shape index (κ3) is 3.60. The summed E-state index contributed by atoms with van der Waals surface area (Å²) in [5, 5.41) is 0. The Morgan fingerprint density at radius 1 is 1.32 bits per heavy atom. The maximum absolute atomic E-state index is 3.89. The first-order chi connectivity index (χ1) is 9.10. The van der Waals surface area contributed by atoms with Crippen molar-refractivity contribution in [3.05, 3.63) is 42.5 Å². The van der Waals surface area contributed by atoms with E-state index >= 15 is 0 Å². The average molecular weight is 258 g/mol. The van der Waals surface area contributed by atoms with E-state index in [4.69, 9.17) is 0 Å². The molecule has 0 aliphatic carbocycles. The molecule has 0 spiro atoms. The second-order valence-corrected chi connectivity index (χ2v) is 6.04. The Morgan fingerprint density at radius 2 is 2.00 bits per heavy atom. The van der Waals surface area contributed by atoms with Crippen molar-refractivity contribution in [2.24, 2.45) is 5.92 Å². The second-order valence-electron chi connectivity index (χ2n) is 6.04. The molecule has 0 bridgehead atoms. The summed E-state index contributed by atoms with van der Waals surface area (Å²) in [7, 11) is 0. The van der Waals surface area contributed by atoms with Gasteiger partial charge in [0, 0.05) is 24.8 Å². The Morgan fingerprint density at radius 3 is 2.58 bits per heavy atom. The zero-order chi connectivity index (χ0) is 13.8. The number of nitrogens with zero attached hydrogens (tertiary/aromatic N) is 2. The summed E-state index contributed by atoms with van der Waals surface area (Å²) in [5.74, 6) is 0.746. The minimum absolute atomic E-state index is 0.652. The van der Waals surface area contributed by atoms with E-state index in [-0.39, 0.29) is 0 Å². The van der Waals surface area contributed by atoms with Gasteiger partial charge in [-0.2, -0.15) is 0 Å². The fourth-order valence-corrected chi connectivity index (χ4v) is 2.85. The third-order valence-corrected chi connectivity index (χ3v) is 3.81. The molecule has 0 saturated carbocycles. The van der Waals surface area contributed by atoms with Crippen LogP contribution in [0, 0.1) is 12.8 Å². The highest BCUT2D eigenvalue weighted by Gasteiger charge is 2.29. The van der Waals surface area contributed by atoms with E-state index in [2.05, 4.69) is 61.4 Å². The monoisotopic (exact) mass is 258 g/mol. The maximum Gasteiger partial charge on any atom is 0.0713 e. The van der Waals surface area contributed by atoms with Crippen molar-refractivity contribution in [3.8, 4) is 0 Å². The van der Waals surface area contributed by atoms with Gasteiger partial charge in [0.15, 0.2) is 0 Å². The largest absolute Gasteiger partial charge is 0.357 e. The predicted molar refractivity (Wildman–Crippen MR) is 83.5 cm³/mol. The van der Waals surface area contributed by atoms with E-state index < -0.39 is 0 Å². The molecular formula is C17H26N2. The molecule has 0 aromatic heterocycles. The first kappa shape index (κ1) is 14.1. The number of anilines is 1. The van der Waals surface area contributed by atoms with E-state index in [1.807, 2.05) is 6.08 Å². The van der Waals surface area contributed by atoms with Crippen molar-refractivity contribution < 1.29 is 0 Å². The number of hydrogen-bond donors (Lipinski definition) is 0. The summed E-state index contributed by atoms with van der Waals surface area (Å²) < 4.78 is 0. The molecule has 1 aromatic carbocycles. The molecule has 0 amide bonds. The van der Waals surface area contributed by atoms with Crippen LogP contribution in [0.4, 0.5) is 5.69 Å². The van der Waals surface area contributed by atoms with Gasteiger partial charge < -0.3 is 4.90 Å². The highest BCUT2D eigenvalue weighted by atomic mass is 15.4. The first-order valence-electron chi connectivity index (χ1n) is 7.26. The predicted octanol–water partition coefficient (Wildman–Crippen LogP) is 3.68. The van der Waals surface area contributed by atoms with E-state index in [0.29, 0.717) is 6.04 Å². The van der Waals surface area contributed by atoms with Gasteiger partial charge in [0.2, 0.25) is 0 Å². The van der Waals surface area contributed by atoms with E-state index in [1.54, 1.807) is 0 Å². The van der Waals surface area contributed by atoms with Crippen molar-refractivity contribution in [3.63, 3.8) is 0 Å². The lowest BCUT2D eigenvalue weighted by atomic mass is 10.0. The van der Waals surface area contributed by atoms with Crippen LogP contribution in [-0.2, 0) is 0 Å². The summed E-state index contributed by atoms with van der Waals surface area (Å²) in [4.78, 5) is 5.02. The molecule has 0 radical (unpaired) electrons. The SMILES string of the molecule is C=CCN1CN(c2ccc(C)cc2)CC1CC(C)C. The Labute approximate surface area is 117 Å². The van der Waals surface area contributed by atoms with Gasteiger partial charge in [-0.25, -0.2) is 0 Å². The Kier molecular flexibility index (Phi) is 4.65. The Hall–Kier alpha value is -1.28. The van der Waals surface area contributed by atoms with Gasteiger partial charge in [-0.15, -0.1) is 6.58 Å². The van der Waals surface area contributed by atoms with Crippen LogP contribution < -0.4 is 4.90 Å². The molecule has 2 rings (SSSR count). The van der Waals surface area contributed by atoms with Crippen LogP contribution in [0.5, 0.6) is 0 Å². The molecule has 104 valence electrons. The quantitative estimate of drug-likeness (QED) is 0.743. The van der Waals surface area contributed by atoms with Crippen molar-refractivity contribution in [1.82, 2.24) is 4.90 Å². The normalized spacial score (nSPS) is 20.2. The van der Waals surface area contributed by atoms with Gasteiger partial charge in [0.25, 0.3) is 0 Å². The van der Waals surface area contributed by atoms with Gasteiger partial charge in [-0.3, -0.25) is 4.90 Å². The minimum atomic E-state index is 0.652. The van der Waals surface area contributed by atoms with Crippen LogP contribution in [0.2, 0.25) is 0 Å². The van der Waals surface area contributed by atoms with E-state index in [0.717, 1.165) is 25.7 Å². The van der Waals surface area contributed by atoms with Gasteiger partial charge in [0.05, 0.1) is 6.67 Å². The fourth-order valence-electron chi connectivity index (χ4n) is 2.85. The number of aryl methyl sites for hydroxylation is 1. The van der Waals surface area contributed by atoms with Crippen LogP contribution in [0.25, 0.3) is 0 Å². The van der Waals surface area contributed by atoms with Crippen molar-refractivity contribution in [1.29, 1.82) is 0 Å². The Balaban J connectivity index is 2.08. The van der Waals surface area contributed by atoms with Crippen LogP contribution in [-0.4, -0.2) is 30.7 Å². The van der Waals surface area contributed by atoms with Crippen LogP contribution in [0.15, 0.2) is 36.9 Å². The zero-order valence-electron chi connectivity index (χ0n) is 12.5. The van der Waals surface area contributed by atoms with Gasteiger partial charge in [0.1, 0.15) is 0 Å². The summed E-state index contributed by atoms with van der Waals surface area (Å²) in [6, 6.07) is 9.52. The number of benzene rings is 1. The molecule has 1 heterocycles. The number of rotatable bonds is 5. The van der Waals surface area contributed by atoms with Crippen LogP contribution in [0.3, 0.4) is 0 Å². The molecule has 1 fully saturated rings. The van der Waals surface area contributed by atoms with Gasteiger partial charge in [-0.1, -0.05) is 37.6 Å². The molecule has 1 aliphatic rings. The molecule has 2 nitrogen and oxygen atoms in total. The Bertz CT molecular complexity index is 408. The lowest BCUT2D eigenvalue weighted by Gasteiger charge is -2.22. The molecule has 2 heteroatoms. The molecule has 1 aliphatic heterocycles. The van der Waals surface area contributed by atoms with Gasteiger partial charge >= 0.3 is 0 Å². The zero-order valence-corrected chi connectivity index (χ0v) is 12.5. The standard InChI is InChI=1S/C17H26N2/c1-5-10-18-13-19(12-17(18)11-14(2)3)16-8-6-15(4)7-9-16/h5-9,14,17H,1,10-13H2,2-4H3. The molecule has 1 unspecified atom stereocenters. The summed E-state index contributed by atoms with van der Waals surface area (Å²) in [6.45, 7) is 13.8. The minimum Gasteiger partial charge on any atom is -0.357 e. The lowest BCUT2D eigenvalue weighted by molar-refractivity contribution is 0.255. The lowest BCUT2D eigenvalue weighted by Crippen LogP contribution is -2.32. The number of hydrogen-bond acceptors (Lipinski definition) is 2. The topological polar surface area (TPSA) is 6.48 Å². The second kappa shape index (κ2) is 6.25. The molecule has 1 atom stereocenters. The molecule has 1 aromatic rings. The summed E-state index contributed by atoms with van der Waals surface area (Å²) in [5.41, 5.74) is 2.66. The van der Waals surface area contributed by atoms with Crippen molar-refractivity contribution in [2.45, 2.75) is 33.2 Å². The smallest absolute Gasteiger partial charge is 0.0713 e. The maximum atomic E-state index is 3.89. The first-order valence-corrected chi connectivity index (χ1v) is 7.26. The molecular weight excluding hydrogens is 232 g/mol. The van der Waals surface area contributed by atoms with Crippen molar-refractivity contribution in [2.75, 3.05) is 24.7 Å². The van der Waals surface area contributed by atoms with Gasteiger partial charge in [-0.05, 0) is 31.4 Å². The van der Waals surface area contributed by atoms with E-state index in [9.17, 15) is 0 Å². The van der Waals surface area contributed by atoms with Crippen molar-refractivity contribution >= 4 is 5.69 Å². The van der Waals surface area contributed by atoms with Crippen LogP contribution >= 0.6 is 0 Å². The summed E-state index contributed by atoms with van der Waals surface area (Å²) >= 11 is 0. The molecule has 0 N–H and O–H groups in total. The fraction of sp³-hybridized carbons (Fsp3) is 0.529. The third-order valence-electron chi connectivity index (χ3n) is 3.81. The molecule has 1 saturated heterocycles. The highest BCUT2D eigenvalue weighted by molar-refractivity contribution is 5.48. The van der Waals surface area contributed by atoms with Crippen LogP contribution in [0.1, 0.15) is 25.8 Å².